The Bertz CT molecular complexity index is 840. The molecular weight excluding hydrogens is 366 g/mol. The van der Waals surface area contributed by atoms with Crippen LogP contribution in [0.25, 0.3) is 0 Å². The number of hydrogen-bond donors (Lipinski definition) is 1. The van der Waals surface area contributed by atoms with E-state index in [4.69, 9.17) is 4.74 Å². The summed E-state index contributed by atoms with van der Waals surface area (Å²) in [7, 11) is 1.53. The maximum Gasteiger partial charge on any atom is 0.237 e. The van der Waals surface area contributed by atoms with Crippen LogP contribution in [0.2, 0.25) is 0 Å². The van der Waals surface area contributed by atoms with Crippen LogP contribution >= 0.6 is 0 Å². The molecule has 0 saturated heterocycles. The second kappa shape index (κ2) is 10.3. The highest BCUT2D eigenvalue weighted by Gasteiger charge is 2.32. The lowest BCUT2D eigenvalue weighted by Gasteiger charge is -2.38. The van der Waals surface area contributed by atoms with Crippen molar-refractivity contribution < 1.29 is 9.53 Å². The lowest BCUT2D eigenvalue weighted by Crippen LogP contribution is -2.45. The molecule has 29 heavy (non-hydrogen) atoms. The van der Waals surface area contributed by atoms with Crippen molar-refractivity contribution in [1.29, 1.82) is 0 Å². The van der Waals surface area contributed by atoms with Gasteiger partial charge in [-0.05, 0) is 35.1 Å². The number of aryl methyl sites for hydroxylation is 1. The third-order valence-electron chi connectivity index (χ3n) is 5.50. The molecule has 6 heteroatoms. The fourth-order valence-electron chi connectivity index (χ4n) is 4.06. The second-order valence-electron chi connectivity index (χ2n) is 7.34. The third kappa shape index (κ3) is 4.89. The number of nitroso groups, excluding NO2 is 1. The first-order chi connectivity index (χ1) is 14.2. The molecule has 1 aliphatic rings. The molecule has 0 saturated carbocycles. The molecule has 2 aromatic carbocycles. The summed E-state index contributed by atoms with van der Waals surface area (Å²) in [6.07, 6.45) is 1.76. The molecule has 154 valence electrons. The average Bonchev–Trinajstić information content (AvgIpc) is 2.77. The van der Waals surface area contributed by atoms with Crippen LogP contribution in [-0.2, 0) is 22.4 Å². The normalized spacial score (nSPS) is 16.9. The van der Waals surface area contributed by atoms with Gasteiger partial charge in [-0.2, -0.15) is 4.91 Å². The van der Waals surface area contributed by atoms with Crippen molar-refractivity contribution in [3.05, 3.63) is 75.7 Å². The molecule has 0 fully saturated rings. The first-order valence-electron chi connectivity index (χ1n) is 10.2. The molecule has 6 nitrogen and oxygen atoms in total. The van der Waals surface area contributed by atoms with Crippen LogP contribution in [0.1, 0.15) is 35.2 Å². The third-order valence-corrected chi connectivity index (χ3v) is 5.50. The van der Waals surface area contributed by atoms with Crippen molar-refractivity contribution in [1.82, 2.24) is 10.2 Å². The fraction of sp³-hybridized carbons (Fsp3) is 0.435. The van der Waals surface area contributed by atoms with Crippen LogP contribution in [0, 0.1) is 4.91 Å². The number of carbonyl (C=O) groups excluding carboxylic acids is 1. The largest absolute Gasteiger partial charge is 0.382 e. The highest BCUT2D eigenvalue weighted by molar-refractivity contribution is 5.80. The monoisotopic (exact) mass is 395 g/mol. The molecule has 3 rings (SSSR count). The molecule has 2 aromatic rings. The van der Waals surface area contributed by atoms with Crippen LogP contribution in [0.5, 0.6) is 0 Å². The second-order valence-corrected chi connectivity index (χ2v) is 7.34. The predicted molar refractivity (Wildman–Crippen MR) is 114 cm³/mol. The number of rotatable bonds is 9. The van der Waals surface area contributed by atoms with E-state index in [-0.39, 0.29) is 25.1 Å². The number of fused-ring (bicyclic) bond motifs is 1. The summed E-state index contributed by atoms with van der Waals surface area (Å²) in [5, 5.41) is 6.12. The summed E-state index contributed by atoms with van der Waals surface area (Å²) in [6.45, 7) is 3.55. The first kappa shape index (κ1) is 21.1. The van der Waals surface area contributed by atoms with Crippen molar-refractivity contribution >= 4 is 5.91 Å². The molecule has 0 radical (unpaired) electrons. The number of methoxy groups -OCH3 is 1. The molecule has 1 aliphatic heterocycles. The van der Waals surface area contributed by atoms with Gasteiger partial charge in [-0.25, -0.2) is 0 Å². The van der Waals surface area contributed by atoms with Crippen LogP contribution in [-0.4, -0.2) is 50.2 Å². The van der Waals surface area contributed by atoms with E-state index in [1.54, 1.807) is 0 Å². The lowest BCUT2D eigenvalue weighted by molar-refractivity contribution is -0.132. The Balaban J connectivity index is 1.83. The first-order valence-corrected chi connectivity index (χ1v) is 10.2. The molecule has 0 aromatic heterocycles. The summed E-state index contributed by atoms with van der Waals surface area (Å²) in [4.78, 5) is 26.0. The van der Waals surface area contributed by atoms with Gasteiger partial charge >= 0.3 is 0 Å². The van der Waals surface area contributed by atoms with Gasteiger partial charge < -0.3 is 15.0 Å². The highest BCUT2D eigenvalue weighted by Crippen LogP contribution is 2.36. The van der Waals surface area contributed by atoms with Gasteiger partial charge in [0.15, 0.2) is 0 Å². The van der Waals surface area contributed by atoms with Crippen LogP contribution in [0.4, 0.5) is 0 Å². The lowest BCUT2D eigenvalue weighted by atomic mass is 9.85. The minimum Gasteiger partial charge on any atom is -0.382 e. The zero-order valence-corrected chi connectivity index (χ0v) is 17.1. The minimum atomic E-state index is -0.494. The average molecular weight is 396 g/mol. The number of nitrogens with zero attached hydrogens (tertiary/aromatic N) is 2. The van der Waals surface area contributed by atoms with E-state index >= 15 is 0 Å². The molecule has 0 bridgehead atoms. The Kier molecular flexibility index (Phi) is 7.49. The minimum absolute atomic E-state index is 0.0254. The van der Waals surface area contributed by atoms with Gasteiger partial charge in [0, 0.05) is 20.2 Å². The van der Waals surface area contributed by atoms with Gasteiger partial charge in [-0.1, -0.05) is 60.6 Å². The summed E-state index contributed by atoms with van der Waals surface area (Å²) < 4.78 is 4.98. The summed E-state index contributed by atoms with van der Waals surface area (Å²) in [6, 6.07) is 16.1. The summed E-state index contributed by atoms with van der Waals surface area (Å²) >= 11 is 0. The zero-order chi connectivity index (χ0) is 20.6. The number of ether oxygens (including phenoxy) is 1. The fourth-order valence-corrected chi connectivity index (χ4v) is 4.06. The summed E-state index contributed by atoms with van der Waals surface area (Å²) in [5.74, 6) is 0.0254. The maximum atomic E-state index is 13.1. The Morgan fingerprint density at radius 3 is 2.66 bits per heavy atom. The van der Waals surface area contributed by atoms with Gasteiger partial charge in [0.2, 0.25) is 5.91 Å². The maximum absolute atomic E-state index is 13.1. The number of hydrogen-bond acceptors (Lipinski definition) is 5. The molecule has 1 N–H and O–H groups in total. The molecule has 0 spiro atoms. The number of nitrogens with one attached hydrogen (secondary N) is 1. The van der Waals surface area contributed by atoms with Gasteiger partial charge in [-0.15, -0.1) is 0 Å². The molecule has 0 aliphatic carbocycles. The number of benzene rings is 2. The van der Waals surface area contributed by atoms with E-state index in [2.05, 4.69) is 47.7 Å². The smallest absolute Gasteiger partial charge is 0.237 e. The van der Waals surface area contributed by atoms with E-state index < -0.39 is 6.04 Å². The SMILES string of the molecule is CCc1ccccc1C1c2ccccc2CCN1C(=O)CNC[C@@H](COC)N=O. The molecule has 1 amide bonds. The predicted octanol–water partition coefficient (Wildman–Crippen LogP) is 3.09. The van der Waals surface area contributed by atoms with Crippen molar-refractivity contribution in [2.45, 2.75) is 31.8 Å². The Morgan fingerprint density at radius 1 is 1.21 bits per heavy atom. The van der Waals surface area contributed by atoms with Gasteiger partial charge in [-0.3, -0.25) is 4.79 Å². The highest BCUT2D eigenvalue weighted by atomic mass is 16.5. The van der Waals surface area contributed by atoms with Crippen LogP contribution in [0.15, 0.2) is 53.7 Å². The van der Waals surface area contributed by atoms with E-state index in [0.717, 1.165) is 12.8 Å². The Labute approximate surface area is 172 Å². The molecule has 1 heterocycles. The van der Waals surface area contributed by atoms with Gasteiger partial charge in [0.25, 0.3) is 0 Å². The van der Waals surface area contributed by atoms with E-state index in [0.29, 0.717) is 13.1 Å². The molecule has 1 unspecified atom stereocenters. The Hall–Kier alpha value is -2.57. The molecule has 2 atom stereocenters. The number of carbonyl (C=O) groups is 1. The van der Waals surface area contributed by atoms with Crippen LogP contribution < -0.4 is 5.32 Å². The summed E-state index contributed by atoms with van der Waals surface area (Å²) in [5.41, 5.74) is 4.93. The standard InChI is InChI=1S/C23H29N3O3/c1-3-17-8-4-6-10-20(17)23-21-11-7-5-9-18(21)12-13-26(23)22(27)15-24-14-19(25-28)16-29-2/h4-11,19,23-24H,3,12-16H2,1-2H3/t19-,23?/m0/s1. The van der Waals surface area contributed by atoms with Crippen molar-refractivity contribution in [2.24, 2.45) is 5.18 Å². The van der Waals surface area contributed by atoms with E-state index in [9.17, 15) is 9.70 Å². The number of amides is 1. The quantitative estimate of drug-likeness (QED) is 0.663. The van der Waals surface area contributed by atoms with Crippen molar-refractivity contribution in [3.8, 4) is 0 Å². The van der Waals surface area contributed by atoms with Gasteiger partial charge in [0.1, 0.15) is 6.04 Å². The van der Waals surface area contributed by atoms with Gasteiger partial charge in [0.05, 0.1) is 19.2 Å². The molecular formula is C23H29N3O3. The zero-order valence-electron chi connectivity index (χ0n) is 17.1. The van der Waals surface area contributed by atoms with Crippen LogP contribution in [0.3, 0.4) is 0 Å². The topological polar surface area (TPSA) is 71.0 Å². The van der Waals surface area contributed by atoms with Crippen molar-refractivity contribution in [2.75, 3.05) is 33.4 Å². The van der Waals surface area contributed by atoms with Crippen molar-refractivity contribution in [3.63, 3.8) is 0 Å². The Morgan fingerprint density at radius 2 is 1.93 bits per heavy atom. The van der Waals surface area contributed by atoms with E-state index in [1.807, 2.05) is 23.1 Å². The van der Waals surface area contributed by atoms with E-state index in [1.165, 1.54) is 29.4 Å².